The summed E-state index contributed by atoms with van der Waals surface area (Å²) in [5.41, 5.74) is 11.5. The van der Waals surface area contributed by atoms with Gasteiger partial charge in [-0.25, -0.2) is 4.98 Å². The molecule has 1 heterocycles. The number of pyridine rings is 1. The van der Waals surface area contributed by atoms with Gasteiger partial charge in [-0.05, 0) is 31.7 Å². The van der Waals surface area contributed by atoms with Crippen molar-refractivity contribution in [2.45, 2.75) is 32.2 Å². The first-order valence-electron chi connectivity index (χ1n) is 5.90. The Balaban J connectivity index is 2.10. The van der Waals surface area contributed by atoms with Gasteiger partial charge in [0.15, 0.2) is 0 Å². The number of primary amides is 1. The second-order valence-electron chi connectivity index (χ2n) is 4.65. The zero-order valence-corrected chi connectivity index (χ0v) is 9.94. The van der Waals surface area contributed by atoms with Gasteiger partial charge in [0.2, 0.25) is 0 Å². The number of hydrogen-bond donors (Lipinski definition) is 3. The van der Waals surface area contributed by atoms with Crippen LogP contribution < -0.4 is 16.8 Å². The molecule has 1 aliphatic rings. The number of nitrogens with zero attached hydrogens (tertiary/aromatic N) is 1. The van der Waals surface area contributed by atoms with Crippen molar-refractivity contribution in [3.8, 4) is 0 Å². The molecule has 1 unspecified atom stereocenters. The van der Waals surface area contributed by atoms with Crippen LogP contribution in [0.2, 0.25) is 0 Å². The number of aromatic nitrogens is 1. The molecule has 0 aromatic carbocycles. The number of rotatable bonds is 4. The lowest BCUT2D eigenvalue weighted by Crippen LogP contribution is -2.31. The maximum Gasteiger partial charge on any atom is 0.250 e. The number of nitrogen functional groups attached to an aromatic ring is 1. The van der Waals surface area contributed by atoms with Crippen LogP contribution in [-0.2, 0) is 0 Å². The van der Waals surface area contributed by atoms with Crippen LogP contribution in [0.5, 0.6) is 0 Å². The summed E-state index contributed by atoms with van der Waals surface area (Å²) in [6, 6.07) is 1.98. The van der Waals surface area contributed by atoms with E-state index in [1.165, 1.54) is 25.5 Å². The molecule has 0 radical (unpaired) electrons. The van der Waals surface area contributed by atoms with Gasteiger partial charge in [0.25, 0.3) is 5.91 Å². The van der Waals surface area contributed by atoms with Crippen molar-refractivity contribution in [2.24, 2.45) is 11.7 Å². The molecule has 2 rings (SSSR count). The summed E-state index contributed by atoms with van der Waals surface area (Å²) < 4.78 is 0. The van der Waals surface area contributed by atoms with Gasteiger partial charge >= 0.3 is 0 Å². The lowest BCUT2D eigenvalue weighted by atomic mass is 9.80. The number of carbonyl (C=O) groups is 1. The van der Waals surface area contributed by atoms with Crippen molar-refractivity contribution in [1.82, 2.24) is 4.98 Å². The highest BCUT2D eigenvalue weighted by atomic mass is 16.1. The third-order valence-corrected chi connectivity index (χ3v) is 3.43. The minimum absolute atomic E-state index is 0.319. The molecular weight excluding hydrogens is 216 g/mol. The van der Waals surface area contributed by atoms with Crippen LogP contribution >= 0.6 is 0 Å². The van der Waals surface area contributed by atoms with E-state index in [-0.39, 0.29) is 0 Å². The number of amides is 1. The Morgan fingerprint density at radius 2 is 2.29 bits per heavy atom. The molecule has 5 heteroatoms. The normalized spacial score (nSPS) is 17.2. The van der Waals surface area contributed by atoms with E-state index in [9.17, 15) is 4.79 Å². The third kappa shape index (κ3) is 2.49. The van der Waals surface area contributed by atoms with Crippen LogP contribution in [0.1, 0.15) is 36.5 Å². The monoisotopic (exact) mass is 234 g/mol. The Hall–Kier alpha value is -1.78. The summed E-state index contributed by atoms with van der Waals surface area (Å²) in [6.45, 7) is 2.13. The van der Waals surface area contributed by atoms with Gasteiger partial charge in [-0.15, -0.1) is 0 Å². The second kappa shape index (κ2) is 4.61. The number of nitrogens with two attached hydrogens (primary N) is 2. The van der Waals surface area contributed by atoms with E-state index in [0.29, 0.717) is 29.0 Å². The minimum Gasteiger partial charge on any atom is -0.397 e. The summed E-state index contributed by atoms with van der Waals surface area (Å²) in [5, 5.41) is 3.29. The molecule has 1 aromatic heterocycles. The quantitative estimate of drug-likeness (QED) is 0.733. The summed E-state index contributed by atoms with van der Waals surface area (Å²) >= 11 is 0. The largest absolute Gasteiger partial charge is 0.397 e. The predicted octanol–water partition coefficient (Wildman–Crippen LogP) is 1.36. The zero-order chi connectivity index (χ0) is 12.4. The number of carbonyl (C=O) groups excluding carboxylic acids is 1. The Morgan fingerprint density at radius 3 is 2.82 bits per heavy atom. The maximum absolute atomic E-state index is 11.1. The number of anilines is 2. The van der Waals surface area contributed by atoms with Crippen LogP contribution in [0, 0.1) is 5.92 Å². The molecule has 1 amide bonds. The number of nitrogens with one attached hydrogen (secondary N) is 1. The van der Waals surface area contributed by atoms with Crippen molar-refractivity contribution in [1.29, 1.82) is 0 Å². The molecule has 1 atom stereocenters. The van der Waals surface area contributed by atoms with Crippen molar-refractivity contribution in [3.05, 3.63) is 17.8 Å². The Labute approximate surface area is 101 Å². The molecule has 1 saturated carbocycles. The highest BCUT2D eigenvalue weighted by Crippen LogP contribution is 2.30. The van der Waals surface area contributed by atoms with Crippen LogP contribution in [0.25, 0.3) is 0 Å². The van der Waals surface area contributed by atoms with E-state index in [1.807, 2.05) is 0 Å². The van der Waals surface area contributed by atoms with Crippen LogP contribution in [0.15, 0.2) is 12.3 Å². The maximum atomic E-state index is 11.1. The van der Waals surface area contributed by atoms with Gasteiger partial charge in [-0.3, -0.25) is 4.79 Å². The molecule has 1 aliphatic carbocycles. The lowest BCUT2D eigenvalue weighted by molar-refractivity contribution is 0.100. The summed E-state index contributed by atoms with van der Waals surface area (Å²) in [5.74, 6) is 0.836. The molecule has 92 valence electrons. The van der Waals surface area contributed by atoms with Crippen LogP contribution in [0.4, 0.5) is 11.5 Å². The zero-order valence-electron chi connectivity index (χ0n) is 9.94. The molecule has 17 heavy (non-hydrogen) atoms. The first-order valence-corrected chi connectivity index (χ1v) is 5.90. The second-order valence-corrected chi connectivity index (χ2v) is 4.65. The first kappa shape index (κ1) is 11.7. The standard InChI is InChI=1S/C12H18N4O/c1-7(8-3-2-4-8)16-11-5-9(12(14)17)10(13)6-15-11/h5-8H,2-4,13H2,1H3,(H2,14,17)(H,15,16). The van der Waals surface area contributed by atoms with E-state index >= 15 is 0 Å². The highest BCUT2D eigenvalue weighted by Gasteiger charge is 2.24. The average molecular weight is 234 g/mol. The summed E-state index contributed by atoms with van der Waals surface area (Å²) in [4.78, 5) is 15.3. The molecule has 1 fully saturated rings. The molecular formula is C12H18N4O. The van der Waals surface area contributed by atoms with Gasteiger partial charge in [-0.2, -0.15) is 0 Å². The fourth-order valence-electron chi connectivity index (χ4n) is 2.05. The van der Waals surface area contributed by atoms with Crippen molar-refractivity contribution in [2.75, 3.05) is 11.1 Å². The smallest absolute Gasteiger partial charge is 0.250 e. The van der Waals surface area contributed by atoms with E-state index in [2.05, 4.69) is 17.2 Å². The summed E-state index contributed by atoms with van der Waals surface area (Å²) in [7, 11) is 0. The van der Waals surface area contributed by atoms with Gasteiger partial charge < -0.3 is 16.8 Å². The molecule has 0 bridgehead atoms. The molecule has 0 aliphatic heterocycles. The van der Waals surface area contributed by atoms with Gasteiger partial charge in [0, 0.05) is 6.04 Å². The first-order chi connectivity index (χ1) is 8.08. The van der Waals surface area contributed by atoms with Crippen LogP contribution in [0.3, 0.4) is 0 Å². The van der Waals surface area contributed by atoms with E-state index in [1.54, 1.807) is 6.07 Å². The highest BCUT2D eigenvalue weighted by molar-refractivity contribution is 5.98. The molecule has 0 saturated heterocycles. The molecule has 5 N–H and O–H groups in total. The SMILES string of the molecule is CC(Nc1cc(C(N)=O)c(N)cn1)C1CCC1. The van der Waals surface area contributed by atoms with E-state index in [4.69, 9.17) is 11.5 Å². The lowest BCUT2D eigenvalue weighted by Gasteiger charge is -2.32. The Morgan fingerprint density at radius 1 is 1.59 bits per heavy atom. The van der Waals surface area contributed by atoms with Gasteiger partial charge in [0.1, 0.15) is 5.82 Å². The average Bonchev–Trinajstić information content (AvgIpc) is 2.17. The van der Waals surface area contributed by atoms with E-state index in [0.717, 1.165) is 0 Å². The molecule has 1 aromatic rings. The number of hydrogen-bond acceptors (Lipinski definition) is 4. The van der Waals surface area contributed by atoms with Crippen LogP contribution in [-0.4, -0.2) is 16.9 Å². The van der Waals surface area contributed by atoms with Crippen molar-refractivity contribution >= 4 is 17.4 Å². The van der Waals surface area contributed by atoms with E-state index < -0.39 is 5.91 Å². The predicted molar refractivity (Wildman–Crippen MR) is 67.6 cm³/mol. The van der Waals surface area contributed by atoms with Gasteiger partial charge in [-0.1, -0.05) is 6.42 Å². The molecule has 5 nitrogen and oxygen atoms in total. The fourth-order valence-corrected chi connectivity index (χ4v) is 2.05. The summed E-state index contributed by atoms with van der Waals surface area (Å²) in [6.07, 6.45) is 5.28. The Kier molecular flexibility index (Phi) is 3.17. The van der Waals surface area contributed by atoms with Crippen molar-refractivity contribution < 1.29 is 4.79 Å². The fraction of sp³-hybridized carbons (Fsp3) is 0.500. The van der Waals surface area contributed by atoms with Gasteiger partial charge in [0.05, 0.1) is 17.4 Å². The Bertz CT molecular complexity index is 429. The third-order valence-electron chi connectivity index (χ3n) is 3.43. The molecule has 0 spiro atoms. The van der Waals surface area contributed by atoms with Crippen molar-refractivity contribution in [3.63, 3.8) is 0 Å². The topological polar surface area (TPSA) is 94.0 Å². The minimum atomic E-state index is -0.524.